The minimum absolute atomic E-state index is 0.274. The van der Waals surface area contributed by atoms with Crippen molar-refractivity contribution in [3.8, 4) is 0 Å². The van der Waals surface area contributed by atoms with Crippen LogP contribution < -0.4 is 16.0 Å². The van der Waals surface area contributed by atoms with Crippen LogP contribution in [0.5, 0.6) is 0 Å². The van der Waals surface area contributed by atoms with Gasteiger partial charge in [-0.2, -0.15) is 0 Å². The van der Waals surface area contributed by atoms with E-state index in [0.717, 1.165) is 4.90 Å². The Bertz CT molecular complexity index is 667. The third kappa shape index (κ3) is 3.42. The lowest BCUT2D eigenvalue weighted by atomic mass is 10.2. The first kappa shape index (κ1) is 14.7. The van der Waals surface area contributed by atoms with E-state index in [0.29, 0.717) is 5.69 Å². The second kappa shape index (κ2) is 6.14. The highest BCUT2D eigenvalue weighted by Crippen LogP contribution is 2.18. The van der Waals surface area contributed by atoms with Crippen LogP contribution in [0.1, 0.15) is 6.92 Å². The van der Waals surface area contributed by atoms with E-state index in [-0.39, 0.29) is 10.8 Å². The van der Waals surface area contributed by atoms with Crippen LogP contribution in [-0.4, -0.2) is 22.7 Å². The Hall–Kier alpha value is -2.74. The molecule has 1 aromatic heterocycles. The molecule has 0 spiro atoms. The van der Waals surface area contributed by atoms with Gasteiger partial charge in [0.2, 0.25) is 5.91 Å². The number of hydrogen-bond donors (Lipinski definition) is 2. The SMILES string of the molecule is CC(=O)N(C(=O)C(=O)Nc1nccs1)c1ccc(N)cc1. The van der Waals surface area contributed by atoms with Gasteiger partial charge in [-0.25, -0.2) is 9.88 Å². The van der Waals surface area contributed by atoms with Crippen LogP contribution >= 0.6 is 11.3 Å². The summed E-state index contributed by atoms with van der Waals surface area (Å²) in [5, 5.41) is 4.28. The summed E-state index contributed by atoms with van der Waals surface area (Å²) in [5.41, 5.74) is 6.32. The van der Waals surface area contributed by atoms with Crippen molar-refractivity contribution < 1.29 is 14.4 Å². The molecule has 3 amide bonds. The summed E-state index contributed by atoms with van der Waals surface area (Å²) in [4.78, 5) is 40.3. The third-order valence-corrected chi connectivity index (χ3v) is 3.20. The highest BCUT2D eigenvalue weighted by Gasteiger charge is 2.27. The summed E-state index contributed by atoms with van der Waals surface area (Å²) in [6.07, 6.45) is 1.49. The van der Waals surface area contributed by atoms with E-state index in [9.17, 15) is 14.4 Å². The molecule has 1 aromatic carbocycles. The minimum Gasteiger partial charge on any atom is -0.399 e. The number of rotatable bonds is 2. The van der Waals surface area contributed by atoms with Gasteiger partial charge in [0.1, 0.15) is 0 Å². The molecule has 0 saturated carbocycles. The summed E-state index contributed by atoms with van der Waals surface area (Å²) in [7, 11) is 0. The molecule has 2 aromatic rings. The number of hydrogen-bond acceptors (Lipinski definition) is 6. The molecule has 2 rings (SSSR count). The normalized spacial score (nSPS) is 9.95. The molecule has 8 heteroatoms. The fourth-order valence-electron chi connectivity index (χ4n) is 1.60. The standard InChI is InChI=1S/C13H12N4O3S/c1-8(18)17(10-4-2-9(14)3-5-10)12(20)11(19)16-13-15-6-7-21-13/h2-7H,14H2,1H3,(H,15,16,19). The molecular formula is C13H12N4O3S. The van der Waals surface area contributed by atoms with Crippen molar-refractivity contribution in [1.82, 2.24) is 4.98 Å². The summed E-state index contributed by atoms with van der Waals surface area (Å²) in [6.45, 7) is 1.20. The molecule has 1 heterocycles. The molecule has 0 aliphatic carbocycles. The number of thiazole rings is 1. The first-order valence-corrected chi connectivity index (χ1v) is 6.78. The predicted molar refractivity (Wildman–Crippen MR) is 79.8 cm³/mol. The molecule has 0 radical (unpaired) electrons. The van der Waals surface area contributed by atoms with Crippen LogP contribution in [0.15, 0.2) is 35.8 Å². The number of nitrogens with one attached hydrogen (secondary N) is 1. The van der Waals surface area contributed by atoms with Gasteiger partial charge in [-0.05, 0) is 24.3 Å². The van der Waals surface area contributed by atoms with E-state index in [1.807, 2.05) is 0 Å². The molecule has 0 aliphatic rings. The van der Waals surface area contributed by atoms with Crippen LogP contribution in [-0.2, 0) is 14.4 Å². The van der Waals surface area contributed by atoms with Gasteiger partial charge >= 0.3 is 11.8 Å². The number of nitrogens with two attached hydrogens (primary N) is 1. The Morgan fingerprint density at radius 2 is 1.90 bits per heavy atom. The Kier molecular flexibility index (Phi) is 4.29. The van der Waals surface area contributed by atoms with E-state index in [1.54, 1.807) is 5.38 Å². The first-order chi connectivity index (χ1) is 9.99. The Balaban J connectivity index is 2.21. The molecule has 0 aliphatic heterocycles. The molecule has 3 N–H and O–H groups in total. The summed E-state index contributed by atoms with van der Waals surface area (Å²) in [5.74, 6) is -2.49. The van der Waals surface area contributed by atoms with E-state index in [2.05, 4.69) is 10.3 Å². The van der Waals surface area contributed by atoms with Gasteiger partial charge in [0, 0.05) is 24.2 Å². The molecule has 0 atom stereocenters. The lowest BCUT2D eigenvalue weighted by Crippen LogP contribution is -2.42. The van der Waals surface area contributed by atoms with Crippen molar-refractivity contribution in [3.63, 3.8) is 0 Å². The van der Waals surface area contributed by atoms with Gasteiger partial charge < -0.3 is 5.73 Å². The maximum absolute atomic E-state index is 12.1. The van der Waals surface area contributed by atoms with Crippen LogP contribution in [0.25, 0.3) is 0 Å². The zero-order chi connectivity index (χ0) is 15.4. The second-order valence-corrected chi connectivity index (χ2v) is 4.94. The number of nitrogens with zero attached hydrogens (tertiary/aromatic N) is 2. The highest BCUT2D eigenvalue weighted by atomic mass is 32.1. The topological polar surface area (TPSA) is 105 Å². The van der Waals surface area contributed by atoms with Crippen molar-refractivity contribution in [1.29, 1.82) is 0 Å². The number of anilines is 3. The van der Waals surface area contributed by atoms with Crippen LogP contribution in [0.3, 0.4) is 0 Å². The monoisotopic (exact) mass is 304 g/mol. The van der Waals surface area contributed by atoms with Gasteiger partial charge in [-0.15, -0.1) is 11.3 Å². The molecule has 0 saturated heterocycles. The lowest BCUT2D eigenvalue weighted by molar-refractivity contribution is -0.136. The fraction of sp³-hybridized carbons (Fsp3) is 0.0769. The Morgan fingerprint density at radius 1 is 1.24 bits per heavy atom. The predicted octanol–water partition coefficient (Wildman–Crippen LogP) is 1.24. The maximum atomic E-state index is 12.1. The number of carbonyl (C=O) groups is 3. The molecule has 108 valence electrons. The van der Waals surface area contributed by atoms with E-state index < -0.39 is 17.7 Å². The summed E-state index contributed by atoms with van der Waals surface area (Å²) in [6, 6.07) is 6.06. The number of aromatic nitrogens is 1. The molecule has 0 bridgehead atoms. The largest absolute Gasteiger partial charge is 0.399 e. The molecular weight excluding hydrogens is 292 g/mol. The zero-order valence-electron chi connectivity index (χ0n) is 11.1. The number of benzene rings is 1. The zero-order valence-corrected chi connectivity index (χ0v) is 11.9. The van der Waals surface area contributed by atoms with E-state index in [4.69, 9.17) is 5.73 Å². The number of amides is 3. The summed E-state index contributed by atoms with van der Waals surface area (Å²) < 4.78 is 0. The Morgan fingerprint density at radius 3 is 2.43 bits per heavy atom. The second-order valence-electron chi connectivity index (χ2n) is 4.04. The maximum Gasteiger partial charge on any atom is 0.323 e. The number of carbonyl (C=O) groups excluding carboxylic acids is 3. The lowest BCUT2D eigenvalue weighted by Gasteiger charge is -2.18. The van der Waals surface area contributed by atoms with E-state index >= 15 is 0 Å². The van der Waals surface area contributed by atoms with E-state index in [1.165, 1.54) is 48.7 Å². The summed E-state index contributed by atoms with van der Waals surface area (Å²) >= 11 is 1.17. The van der Waals surface area contributed by atoms with Gasteiger partial charge in [0.05, 0.1) is 5.69 Å². The highest BCUT2D eigenvalue weighted by molar-refractivity contribution is 7.13. The minimum atomic E-state index is -0.984. The van der Waals surface area contributed by atoms with Crippen molar-refractivity contribution in [3.05, 3.63) is 35.8 Å². The number of imide groups is 1. The first-order valence-electron chi connectivity index (χ1n) is 5.90. The van der Waals surface area contributed by atoms with Gasteiger partial charge in [0.25, 0.3) is 0 Å². The molecule has 0 fully saturated rings. The average molecular weight is 304 g/mol. The van der Waals surface area contributed by atoms with Crippen LogP contribution in [0.4, 0.5) is 16.5 Å². The quantitative estimate of drug-likeness (QED) is 0.641. The van der Waals surface area contributed by atoms with Crippen LogP contribution in [0, 0.1) is 0 Å². The number of nitrogen functional groups attached to an aromatic ring is 1. The Labute approximate surface area is 124 Å². The van der Waals surface area contributed by atoms with Crippen LogP contribution in [0.2, 0.25) is 0 Å². The average Bonchev–Trinajstić information content (AvgIpc) is 2.93. The fourth-order valence-corrected chi connectivity index (χ4v) is 2.13. The molecule has 0 unspecified atom stereocenters. The van der Waals surface area contributed by atoms with Crippen molar-refractivity contribution in [2.75, 3.05) is 16.0 Å². The molecule has 21 heavy (non-hydrogen) atoms. The van der Waals surface area contributed by atoms with Gasteiger partial charge in [-0.1, -0.05) is 0 Å². The molecule has 7 nitrogen and oxygen atoms in total. The van der Waals surface area contributed by atoms with Crippen molar-refractivity contribution >= 4 is 45.6 Å². The third-order valence-electron chi connectivity index (χ3n) is 2.52. The smallest absolute Gasteiger partial charge is 0.323 e. The van der Waals surface area contributed by atoms with Crippen molar-refractivity contribution in [2.24, 2.45) is 0 Å². The van der Waals surface area contributed by atoms with Gasteiger partial charge in [0.15, 0.2) is 5.13 Å². The van der Waals surface area contributed by atoms with Crippen molar-refractivity contribution in [2.45, 2.75) is 6.92 Å². The van der Waals surface area contributed by atoms with Gasteiger partial charge in [-0.3, -0.25) is 19.7 Å².